The number of hydrogen-bond donors (Lipinski definition) is 0. The molecule has 13 aromatic rings. The molecule has 0 atom stereocenters. The van der Waals surface area contributed by atoms with Crippen molar-refractivity contribution in [2.45, 2.75) is 0 Å². The van der Waals surface area contributed by atoms with Crippen LogP contribution in [0.2, 0.25) is 0 Å². The average molecular weight is 826 g/mol. The van der Waals surface area contributed by atoms with E-state index in [9.17, 15) is 0 Å². The van der Waals surface area contributed by atoms with E-state index in [1.165, 1.54) is 101 Å². The summed E-state index contributed by atoms with van der Waals surface area (Å²) in [5.74, 6) is 0. The Morgan fingerprint density at radius 1 is 0.267 bits per heavy atom. The van der Waals surface area contributed by atoms with Crippen LogP contribution in [0.4, 0.5) is 0 Å². The quantitative estimate of drug-likeness (QED) is 0.127. The number of fused-ring (bicyclic) bond motifs is 10. The SMILES string of the molecule is c1ccc(-c2c3ccccc3c(-c3cccc4c3[se]c3ccc(-c5c6ccccc6c(-c6ccc7c(c6)oc6ccccc67)c6ccccc56)cc34)c3ccccc23)cc1. The van der Waals surface area contributed by atoms with Gasteiger partial charge in [0.15, 0.2) is 0 Å². The van der Waals surface area contributed by atoms with Crippen LogP contribution in [0, 0.1) is 0 Å². The van der Waals surface area contributed by atoms with E-state index >= 15 is 0 Å². The van der Waals surface area contributed by atoms with Crippen LogP contribution in [0.25, 0.3) is 129 Å². The Morgan fingerprint density at radius 3 is 1.32 bits per heavy atom. The van der Waals surface area contributed by atoms with Gasteiger partial charge in [-0.05, 0) is 6.07 Å². The van der Waals surface area contributed by atoms with Gasteiger partial charge in [0, 0.05) is 5.39 Å². The van der Waals surface area contributed by atoms with Gasteiger partial charge in [0.1, 0.15) is 5.58 Å². The van der Waals surface area contributed by atoms with Gasteiger partial charge in [-0.3, -0.25) is 0 Å². The number of benzene rings is 11. The summed E-state index contributed by atoms with van der Waals surface area (Å²) < 4.78 is 9.31. The normalized spacial score (nSPS) is 12.0. The summed E-state index contributed by atoms with van der Waals surface area (Å²) >= 11 is 0.142. The van der Waals surface area contributed by atoms with Crippen LogP contribution < -0.4 is 0 Å². The second-order valence-corrected chi connectivity index (χ2v) is 18.1. The molecular weight excluding hydrogens is 792 g/mol. The molecule has 0 aliphatic carbocycles. The summed E-state index contributed by atoms with van der Waals surface area (Å²) in [4.78, 5) is 0. The summed E-state index contributed by atoms with van der Waals surface area (Å²) in [6.45, 7) is 0. The molecule has 13 rings (SSSR count). The zero-order valence-electron chi connectivity index (χ0n) is 32.4. The van der Waals surface area contributed by atoms with Crippen molar-refractivity contribution >= 4 is 98.8 Å². The summed E-state index contributed by atoms with van der Waals surface area (Å²) in [6.07, 6.45) is 0. The van der Waals surface area contributed by atoms with Gasteiger partial charge in [0.05, 0.1) is 0 Å². The Labute approximate surface area is 352 Å². The van der Waals surface area contributed by atoms with Crippen LogP contribution in [-0.4, -0.2) is 14.5 Å². The number of para-hydroxylation sites is 1. The van der Waals surface area contributed by atoms with Crippen LogP contribution in [0.5, 0.6) is 0 Å². The minimum absolute atomic E-state index is 0.142. The fourth-order valence-corrected chi connectivity index (χ4v) is 12.6. The van der Waals surface area contributed by atoms with Crippen LogP contribution in [0.15, 0.2) is 211 Å². The molecule has 1 nitrogen and oxygen atoms in total. The van der Waals surface area contributed by atoms with Crippen molar-refractivity contribution in [3.63, 3.8) is 0 Å². The number of furan rings is 1. The van der Waals surface area contributed by atoms with Gasteiger partial charge in [0.25, 0.3) is 0 Å². The maximum absolute atomic E-state index is 6.41. The fraction of sp³-hybridized carbons (Fsp3) is 0. The first-order valence-corrected chi connectivity index (χ1v) is 22.3. The number of rotatable bonds is 4. The van der Waals surface area contributed by atoms with Crippen molar-refractivity contribution in [1.82, 2.24) is 0 Å². The predicted octanol–water partition coefficient (Wildman–Crippen LogP) is 16.2. The Morgan fingerprint density at radius 2 is 0.717 bits per heavy atom. The molecule has 0 saturated carbocycles. The Balaban J connectivity index is 1.04. The summed E-state index contributed by atoms with van der Waals surface area (Å²) in [5.41, 5.74) is 12.0. The average Bonchev–Trinajstić information content (AvgIpc) is 3.88. The van der Waals surface area contributed by atoms with E-state index in [-0.39, 0.29) is 14.5 Å². The molecule has 11 aromatic carbocycles. The van der Waals surface area contributed by atoms with Gasteiger partial charge in [-0.25, -0.2) is 0 Å². The topological polar surface area (TPSA) is 13.1 Å². The van der Waals surface area contributed by atoms with Gasteiger partial charge >= 0.3 is 319 Å². The van der Waals surface area contributed by atoms with Gasteiger partial charge in [-0.2, -0.15) is 0 Å². The predicted molar refractivity (Wildman–Crippen MR) is 257 cm³/mol. The summed E-state index contributed by atoms with van der Waals surface area (Å²) in [6, 6.07) is 76.1. The van der Waals surface area contributed by atoms with Crippen LogP contribution in [0.1, 0.15) is 0 Å². The molecule has 0 bridgehead atoms. The molecule has 2 heteroatoms. The first kappa shape index (κ1) is 33.7. The van der Waals surface area contributed by atoms with E-state index in [4.69, 9.17) is 4.42 Å². The first-order chi connectivity index (χ1) is 29.8. The minimum atomic E-state index is 0.142. The van der Waals surface area contributed by atoms with E-state index in [2.05, 4.69) is 200 Å². The molecule has 0 aliphatic rings. The Bertz CT molecular complexity index is 3770. The third-order valence-corrected chi connectivity index (χ3v) is 15.2. The van der Waals surface area contributed by atoms with E-state index in [1.807, 2.05) is 6.07 Å². The molecular formula is C58H34OSe. The second kappa shape index (κ2) is 13.1. The monoisotopic (exact) mass is 826 g/mol. The number of hydrogen-bond acceptors (Lipinski definition) is 1. The van der Waals surface area contributed by atoms with E-state index in [1.54, 1.807) is 0 Å². The van der Waals surface area contributed by atoms with E-state index < -0.39 is 0 Å². The van der Waals surface area contributed by atoms with Gasteiger partial charge in [-0.1, -0.05) is 18.2 Å². The van der Waals surface area contributed by atoms with Crippen molar-refractivity contribution in [3.8, 4) is 44.5 Å². The van der Waals surface area contributed by atoms with Gasteiger partial charge in [-0.15, -0.1) is 0 Å². The second-order valence-electron chi connectivity index (χ2n) is 15.9. The maximum atomic E-state index is 6.41. The molecule has 0 radical (unpaired) electrons. The standard InChI is InChI=1S/C58H34OSe/c1-2-15-35(16-3-1)54-44-22-8-10-24-46(44)57(47-25-11-9-23-45(47)54)49-27-14-26-48-50-33-36(30-32-53(50)60-58(48)49)55-40-18-4-6-20-42(40)56(43-21-7-5-19-41(43)55)37-29-31-39-38-17-12-13-28-51(38)59-52(39)34-37/h1-34H. The molecule has 2 heterocycles. The molecule has 60 heavy (non-hydrogen) atoms. The zero-order chi connectivity index (χ0) is 39.3. The van der Waals surface area contributed by atoms with Crippen molar-refractivity contribution in [3.05, 3.63) is 206 Å². The first-order valence-electron chi connectivity index (χ1n) is 20.6. The van der Waals surface area contributed by atoms with E-state index in [0.29, 0.717) is 0 Å². The van der Waals surface area contributed by atoms with Crippen LogP contribution >= 0.6 is 0 Å². The molecule has 0 amide bonds. The Kier molecular flexibility index (Phi) is 7.39. The summed E-state index contributed by atoms with van der Waals surface area (Å²) in [7, 11) is 0. The summed E-state index contributed by atoms with van der Waals surface area (Å²) in [5, 5.41) is 15.2. The van der Waals surface area contributed by atoms with Gasteiger partial charge in [0.2, 0.25) is 0 Å². The Hall–Kier alpha value is -7.22. The third kappa shape index (κ3) is 4.93. The van der Waals surface area contributed by atoms with Crippen molar-refractivity contribution in [1.29, 1.82) is 0 Å². The van der Waals surface area contributed by atoms with Crippen molar-refractivity contribution in [2.75, 3.05) is 0 Å². The van der Waals surface area contributed by atoms with Crippen LogP contribution in [0.3, 0.4) is 0 Å². The molecule has 0 aliphatic heterocycles. The molecule has 0 spiro atoms. The zero-order valence-corrected chi connectivity index (χ0v) is 34.2. The molecule has 278 valence electrons. The molecule has 0 fully saturated rings. The molecule has 2 aromatic heterocycles. The fourth-order valence-electron chi connectivity index (χ4n) is 10.1. The third-order valence-electron chi connectivity index (χ3n) is 12.6. The van der Waals surface area contributed by atoms with Crippen molar-refractivity contribution in [2.24, 2.45) is 0 Å². The van der Waals surface area contributed by atoms with Crippen LogP contribution in [-0.2, 0) is 0 Å². The molecule has 0 saturated heterocycles. The molecule has 0 N–H and O–H groups in total. The van der Waals surface area contributed by atoms with Gasteiger partial charge < -0.3 is 0 Å². The molecule has 0 unspecified atom stereocenters. The van der Waals surface area contributed by atoms with Crippen molar-refractivity contribution < 1.29 is 4.42 Å². The van der Waals surface area contributed by atoms with E-state index in [0.717, 1.165) is 27.5 Å².